The normalized spacial score (nSPS) is 9.43. The molecule has 0 saturated carbocycles. The van der Waals surface area contributed by atoms with E-state index < -0.39 is 0 Å². The van der Waals surface area contributed by atoms with Crippen LogP contribution < -0.4 is 0 Å². The van der Waals surface area contributed by atoms with Crippen molar-refractivity contribution in [2.75, 3.05) is 0 Å². The van der Waals surface area contributed by atoms with Gasteiger partial charge in [-0.05, 0) is 13.8 Å². The van der Waals surface area contributed by atoms with Crippen LogP contribution in [0.3, 0.4) is 0 Å². The van der Waals surface area contributed by atoms with Crippen LogP contribution >= 0.6 is 0 Å². The summed E-state index contributed by atoms with van der Waals surface area (Å²) in [6.07, 6.45) is 0. The van der Waals surface area contributed by atoms with Gasteiger partial charge in [-0.2, -0.15) is 0 Å². The van der Waals surface area contributed by atoms with Gasteiger partial charge in [0.1, 0.15) is 5.76 Å². The highest BCUT2D eigenvalue weighted by Gasteiger charge is 1.89. The summed E-state index contributed by atoms with van der Waals surface area (Å²) in [5, 5.41) is 3.59. The number of hydrogen-bond acceptors (Lipinski definition) is 2. The van der Waals surface area contributed by atoms with Crippen LogP contribution in [0.25, 0.3) is 0 Å². The first-order chi connectivity index (χ1) is 3.29. The summed E-state index contributed by atoms with van der Waals surface area (Å²) in [7, 11) is 0. The Labute approximate surface area is 42.1 Å². The molecular weight excluding hydrogens is 90.1 g/mol. The fourth-order valence-electron chi connectivity index (χ4n) is 0.437. The molecule has 0 spiro atoms. The van der Waals surface area contributed by atoms with E-state index in [1.807, 2.05) is 13.8 Å². The molecule has 0 atom stereocenters. The van der Waals surface area contributed by atoms with Gasteiger partial charge in [0.15, 0.2) is 0 Å². The first kappa shape index (κ1) is 4.37. The molecule has 0 aliphatic heterocycles. The summed E-state index contributed by atoms with van der Waals surface area (Å²) in [5.74, 6) is 0.748. The SMILES string of the molecule is Cc1[c]c(C)on1. The van der Waals surface area contributed by atoms with Gasteiger partial charge in [0.25, 0.3) is 0 Å². The zero-order valence-electron chi connectivity index (χ0n) is 4.36. The predicted molar refractivity (Wildman–Crippen MR) is 24.8 cm³/mol. The second-order valence-electron chi connectivity index (χ2n) is 1.45. The van der Waals surface area contributed by atoms with E-state index in [-0.39, 0.29) is 0 Å². The minimum absolute atomic E-state index is 0.748. The van der Waals surface area contributed by atoms with E-state index in [9.17, 15) is 0 Å². The van der Waals surface area contributed by atoms with E-state index >= 15 is 0 Å². The van der Waals surface area contributed by atoms with E-state index in [1.54, 1.807) is 0 Å². The van der Waals surface area contributed by atoms with Crippen molar-refractivity contribution in [2.45, 2.75) is 13.8 Å². The van der Waals surface area contributed by atoms with Crippen LogP contribution in [0.5, 0.6) is 0 Å². The molecule has 0 N–H and O–H groups in total. The molecule has 7 heavy (non-hydrogen) atoms. The van der Waals surface area contributed by atoms with Crippen molar-refractivity contribution in [1.29, 1.82) is 0 Å². The zero-order chi connectivity index (χ0) is 5.28. The third-order valence-corrected chi connectivity index (χ3v) is 0.676. The Kier molecular flexibility index (Phi) is 0.855. The van der Waals surface area contributed by atoms with Gasteiger partial charge in [-0.15, -0.1) is 0 Å². The molecule has 1 aromatic rings. The largest absolute Gasteiger partial charge is 0.361 e. The molecule has 0 aliphatic rings. The van der Waals surface area contributed by atoms with Crippen LogP contribution in [0.2, 0.25) is 0 Å². The van der Waals surface area contributed by atoms with Gasteiger partial charge in [-0.3, -0.25) is 0 Å². The molecule has 0 amide bonds. The Morgan fingerprint density at radius 1 is 1.57 bits per heavy atom. The average Bonchev–Trinajstić information content (AvgIpc) is 1.87. The zero-order valence-corrected chi connectivity index (χ0v) is 4.36. The Morgan fingerprint density at radius 2 is 2.29 bits per heavy atom. The lowest BCUT2D eigenvalue weighted by molar-refractivity contribution is 0.393. The molecule has 0 unspecified atom stereocenters. The molecule has 0 saturated heterocycles. The van der Waals surface area contributed by atoms with E-state index in [0.29, 0.717) is 0 Å². The van der Waals surface area contributed by atoms with Crippen molar-refractivity contribution in [3.8, 4) is 0 Å². The lowest BCUT2D eigenvalue weighted by Gasteiger charge is -1.64. The Bertz CT molecular complexity index is 140. The summed E-state index contributed by atoms with van der Waals surface area (Å²) in [5.41, 5.74) is 0.817. The number of nitrogens with zero attached hydrogens (tertiary/aromatic N) is 1. The highest BCUT2D eigenvalue weighted by Crippen LogP contribution is 1.95. The molecule has 1 aromatic heterocycles. The highest BCUT2D eigenvalue weighted by molar-refractivity contribution is 4.96. The average molecular weight is 96.1 g/mol. The highest BCUT2D eigenvalue weighted by atomic mass is 16.5. The molecule has 2 heteroatoms. The predicted octanol–water partition coefficient (Wildman–Crippen LogP) is 1.09. The van der Waals surface area contributed by atoms with Crippen molar-refractivity contribution < 1.29 is 4.52 Å². The molecule has 0 aliphatic carbocycles. The van der Waals surface area contributed by atoms with E-state index in [4.69, 9.17) is 0 Å². The topological polar surface area (TPSA) is 26.0 Å². The standard InChI is InChI=1S/C5H6NO/c1-4-3-5(2)7-6-4/h1-2H3. The van der Waals surface area contributed by atoms with Crippen molar-refractivity contribution >= 4 is 0 Å². The summed E-state index contributed by atoms with van der Waals surface area (Å²) in [6, 6.07) is 2.86. The number of aryl methyl sites for hydroxylation is 2. The fourth-order valence-corrected chi connectivity index (χ4v) is 0.437. The van der Waals surface area contributed by atoms with Gasteiger partial charge in [0.2, 0.25) is 0 Å². The van der Waals surface area contributed by atoms with E-state index in [2.05, 4.69) is 15.7 Å². The van der Waals surface area contributed by atoms with Crippen LogP contribution in [0.15, 0.2) is 4.52 Å². The maximum absolute atomic E-state index is 4.66. The van der Waals surface area contributed by atoms with Crippen LogP contribution in [0.1, 0.15) is 11.5 Å². The second kappa shape index (κ2) is 1.37. The van der Waals surface area contributed by atoms with Crippen molar-refractivity contribution in [3.05, 3.63) is 17.5 Å². The van der Waals surface area contributed by atoms with Gasteiger partial charge in [-0.25, -0.2) is 0 Å². The van der Waals surface area contributed by atoms with Crippen LogP contribution in [-0.2, 0) is 0 Å². The van der Waals surface area contributed by atoms with E-state index in [0.717, 1.165) is 11.5 Å². The van der Waals surface area contributed by atoms with Gasteiger partial charge in [-0.1, -0.05) is 5.16 Å². The summed E-state index contributed by atoms with van der Waals surface area (Å²) in [6.45, 7) is 3.66. The molecule has 1 rings (SSSR count). The number of hydrogen-bond donors (Lipinski definition) is 0. The van der Waals surface area contributed by atoms with Crippen LogP contribution in [-0.4, -0.2) is 5.16 Å². The quantitative estimate of drug-likeness (QED) is 0.483. The van der Waals surface area contributed by atoms with Crippen LogP contribution in [0, 0.1) is 19.9 Å². The third-order valence-electron chi connectivity index (χ3n) is 0.676. The fraction of sp³-hybridized carbons (Fsp3) is 0.400. The molecule has 0 aromatic carbocycles. The maximum Gasteiger partial charge on any atom is 0.141 e. The molecule has 0 fully saturated rings. The lowest BCUT2D eigenvalue weighted by Crippen LogP contribution is -1.60. The molecular formula is C5H6NO. The molecule has 37 valence electrons. The Hall–Kier alpha value is -0.790. The molecule has 1 radical (unpaired) electrons. The maximum atomic E-state index is 4.66. The molecule has 1 heterocycles. The van der Waals surface area contributed by atoms with Gasteiger partial charge in [0, 0.05) is 0 Å². The second-order valence-corrected chi connectivity index (χ2v) is 1.45. The smallest absolute Gasteiger partial charge is 0.141 e. The van der Waals surface area contributed by atoms with Gasteiger partial charge < -0.3 is 4.52 Å². The minimum Gasteiger partial charge on any atom is -0.361 e. The Morgan fingerprint density at radius 3 is 2.43 bits per heavy atom. The summed E-state index contributed by atoms with van der Waals surface area (Å²) < 4.78 is 4.66. The van der Waals surface area contributed by atoms with Crippen molar-refractivity contribution in [3.63, 3.8) is 0 Å². The minimum atomic E-state index is 0.748. The Balaban J connectivity index is 3.04. The number of rotatable bonds is 0. The lowest BCUT2D eigenvalue weighted by atomic mass is 10.4. The first-order valence-electron chi connectivity index (χ1n) is 2.11. The summed E-state index contributed by atoms with van der Waals surface area (Å²) >= 11 is 0. The summed E-state index contributed by atoms with van der Waals surface area (Å²) in [4.78, 5) is 0. The van der Waals surface area contributed by atoms with Crippen LogP contribution in [0.4, 0.5) is 0 Å². The van der Waals surface area contributed by atoms with Gasteiger partial charge >= 0.3 is 0 Å². The van der Waals surface area contributed by atoms with Gasteiger partial charge in [0.05, 0.1) is 11.8 Å². The first-order valence-corrected chi connectivity index (χ1v) is 2.11. The van der Waals surface area contributed by atoms with Crippen molar-refractivity contribution in [1.82, 2.24) is 5.16 Å². The van der Waals surface area contributed by atoms with E-state index in [1.165, 1.54) is 0 Å². The molecule has 2 nitrogen and oxygen atoms in total. The third kappa shape index (κ3) is 0.796. The number of aromatic nitrogens is 1. The monoisotopic (exact) mass is 96.0 g/mol. The molecule has 0 bridgehead atoms. The van der Waals surface area contributed by atoms with Crippen molar-refractivity contribution in [2.24, 2.45) is 0 Å².